The van der Waals surface area contributed by atoms with Gasteiger partial charge in [0.15, 0.2) is 0 Å². The highest BCUT2D eigenvalue weighted by molar-refractivity contribution is 5.96. The van der Waals surface area contributed by atoms with Crippen molar-refractivity contribution >= 4 is 34.2 Å². The minimum atomic E-state index is 0.529. The van der Waals surface area contributed by atoms with E-state index >= 15 is 0 Å². The molecule has 1 aliphatic heterocycles. The zero-order chi connectivity index (χ0) is 17.8. The minimum Gasteiger partial charge on any atom is -0.384 e. The normalized spacial score (nSPS) is 13.2. The first-order chi connectivity index (χ1) is 12.8. The molecular weight excluding hydrogens is 322 g/mol. The third-order valence-corrected chi connectivity index (χ3v) is 4.52. The van der Waals surface area contributed by atoms with E-state index < -0.39 is 0 Å². The number of aromatic nitrogens is 2. The molecule has 5 heteroatoms. The molecule has 0 saturated heterocycles. The summed E-state index contributed by atoms with van der Waals surface area (Å²) in [6.07, 6.45) is 9.64. The van der Waals surface area contributed by atoms with Gasteiger partial charge in [-0.3, -0.25) is 9.98 Å². The SMILES string of the molecule is Nc1cc(NCCCc2cccnc2)c2ccc(C3=CC=NC3)cc2n1. The van der Waals surface area contributed by atoms with Crippen molar-refractivity contribution in [2.75, 3.05) is 24.1 Å². The first kappa shape index (κ1) is 16.3. The largest absolute Gasteiger partial charge is 0.384 e. The molecular formula is C21H21N5. The smallest absolute Gasteiger partial charge is 0.126 e. The van der Waals surface area contributed by atoms with E-state index in [0.29, 0.717) is 5.82 Å². The maximum atomic E-state index is 6.02. The number of benzene rings is 1. The van der Waals surface area contributed by atoms with E-state index in [1.165, 1.54) is 11.1 Å². The van der Waals surface area contributed by atoms with E-state index in [4.69, 9.17) is 5.73 Å². The Morgan fingerprint density at radius 2 is 2.12 bits per heavy atom. The van der Waals surface area contributed by atoms with Crippen molar-refractivity contribution < 1.29 is 0 Å². The predicted octanol–water partition coefficient (Wildman–Crippen LogP) is 3.72. The highest BCUT2D eigenvalue weighted by atomic mass is 14.9. The van der Waals surface area contributed by atoms with Crippen molar-refractivity contribution in [1.82, 2.24) is 9.97 Å². The summed E-state index contributed by atoms with van der Waals surface area (Å²) in [7, 11) is 0. The number of aryl methyl sites for hydroxylation is 1. The van der Waals surface area contributed by atoms with Crippen LogP contribution in [0.15, 0.2) is 59.9 Å². The van der Waals surface area contributed by atoms with Crippen molar-refractivity contribution in [3.05, 3.63) is 66.0 Å². The number of aliphatic imine (C=N–C) groups is 1. The Balaban J connectivity index is 1.49. The summed E-state index contributed by atoms with van der Waals surface area (Å²) < 4.78 is 0. The lowest BCUT2D eigenvalue weighted by Gasteiger charge is -2.12. The summed E-state index contributed by atoms with van der Waals surface area (Å²) in [5.74, 6) is 0.529. The van der Waals surface area contributed by atoms with Crippen LogP contribution in [-0.2, 0) is 6.42 Å². The molecule has 2 aromatic heterocycles. The maximum Gasteiger partial charge on any atom is 0.126 e. The second kappa shape index (κ2) is 7.35. The molecule has 3 aromatic rings. The average Bonchev–Trinajstić information content (AvgIpc) is 3.20. The summed E-state index contributed by atoms with van der Waals surface area (Å²) in [5, 5.41) is 4.59. The van der Waals surface area contributed by atoms with Crippen LogP contribution in [0.4, 0.5) is 11.5 Å². The number of hydrogen-bond acceptors (Lipinski definition) is 5. The first-order valence-electron chi connectivity index (χ1n) is 8.82. The Kier molecular flexibility index (Phi) is 4.60. The Morgan fingerprint density at radius 3 is 2.92 bits per heavy atom. The van der Waals surface area contributed by atoms with Gasteiger partial charge in [0.2, 0.25) is 0 Å². The van der Waals surface area contributed by atoms with Crippen molar-refractivity contribution in [2.45, 2.75) is 12.8 Å². The number of nitrogens with two attached hydrogens (primary N) is 1. The monoisotopic (exact) mass is 343 g/mol. The quantitative estimate of drug-likeness (QED) is 0.669. The predicted molar refractivity (Wildman–Crippen MR) is 109 cm³/mol. The number of nitrogen functional groups attached to an aromatic ring is 1. The van der Waals surface area contributed by atoms with Gasteiger partial charge >= 0.3 is 0 Å². The van der Waals surface area contributed by atoms with Crippen LogP contribution in [0.3, 0.4) is 0 Å². The van der Waals surface area contributed by atoms with Crippen molar-refractivity contribution in [3.63, 3.8) is 0 Å². The molecule has 0 aliphatic carbocycles. The molecule has 26 heavy (non-hydrogen) atoms. The molecule has 0 atom stereocenters. The molecule has 0 spiro atoms. The highest BCUT2D eigenvalue weighted by Gasteiger charge is 2.09. The highest BCUT2D eigenvalue weighted by Crippen LogP contribution is 2.28. The van der Waals surface area contributed by atoms with Gasteiger partial charge in [0, 0.05) is 42.3 Å². The second-order valence-corrected chi connectivity index (χ2v) is 6.40. The summed E-state index contributed by atoms with van der Waals surface area (Å²) >= 11 is 0. The van der Waals surface area contributed by atoms with Crippen LogP contribution in [0.25, 0.3) is 16.5 Å². The van der Waals surface area contributed by atoms with Crippen LogP contribution in [0.5, 0.6) is 0 Å². The van der Waals surface area contributed by atoms with Crippen LogP contribution in [0, 0.1) is 0 Å². The zero-order valence-electron chi connectivity index (χ0n) is 14.5. The molecule has 1 aliphatic rings. The standard InChI is InChI=1S/C21H21N5/c22-21-12-19(25-9-2-4-15-3-1-8-23-13-15)18-6-5-16(11-20(18)26-21)17-7-10-24-14-17/h1,3,5-8,10-13H,2,4,9,14H2,(H3,22,25,26). The summed E-state index contributed by atoms with van der Waals surface area (Å²) in [6, 6.07) is 12.3. The molecule has 1 aromatic carbocycles. The van der Waals surface area contributed by atoms with Crippen molar-refractivity contribution in [2.24, 2.45) is 4.99 Å². The van der Waals surface area contributed by atoms with Crippen LogP contribution in [0.1, 0.15) is 17.5 Å². The fraction of sp³-hybridized carbons (Fsp3) is 0.190. The van der Waals surface area contributed by atoms with E-state index in [0.717, 1.165) is 48.1 Å². The van der Waals surface area contributed by atoms with Gasteiger partial charge in [-0.2, -0.15) is 0 Å². The molecule has 3 heterocycles. The average molecular weight is 343 g/mol. The Labute approximate surface area is 152 Å². The third kappa shape index (κ3) is 3.57. The number of pyridine rings is 2. The van der Waals surface area contributed by atoms with E-state index in [1.54, 1.807) is 6.20 Å². The van der Waals surface area contributed by atoms with Gasteiger partial charge in [-0.05, 0) is 47.8 Å². The molecule has 0 unspecified atom stereocenters. The van der Waals surface area contributed by atoms with Gasteiger partial charge in [0.25, 0.3) is 0 Å². The van der Waals surface area contributed by atoms with E-state index in [-0.39, 0.29) is 0 Å². The van der Waals surface area contributed by atoms with Crippen molar-refractivity contribution in [1.29, 1.82) is 0 Å². The fourth-order valence-corrected chi connectivity index (χ4v) is 3.19. The Morgan fingerprint density at radius 1 is 1.15 bits per heavy atom. The first-order valence-corrected chi connectivity index (χ1v) is 8.82. The molecule has 0 saturated carbocycles. The van der Waals surface area contributed by atoms with Gasteiger partial charge in [-0.15, -0.1) is 0 Å². The zero-order valence-corrected chi connectivity index (χ0v) is 14.5. The Bertz CT molecular complexity index is 976. The lowest BCUT2D eigenvalue weighted by molar-refractivity contribution is 0.859. The van der Waals surface area contributed by atoms with Gasteiger partial charge in [0.1, 0.15) is 5.82 Å². The number of allylic oxidation sites excluding steroid dienone is 1. The molecule has 0 radical (unpaired) electrons. The summed E-state index contributed by atoms with van der Waals surface area (Å²) in [6.45, 7) is 1.60. The molecule has 0 fully saturated rings. The second-order valence-electron chi connectivity index (χ2n) is 6.40. The minimum absolute atomic E-state index is 0.529. The van der Waals surface area contributed by atoms with E-state index in [1.807, 2.05) is 30.6 Å². The number of hydrogen-bond donors (Lipinski definition) is 2. The van der Waals surface area contributed by atoms with E-state index in [9.17, 15) is 0 Å². The van der Waals surface area contributed by atoms with E-state index in [2.05, 4.69) is 44.5 Å². The number of fused-ring (bicyclic) bond motifs is 1. The lowest BCUT2D eigenvalue weighted by Crippen LogP contribution is -2.05. The van der Waals surface area contributed by atoms with Gasteiger partial charge in [0.05, 0.1) is 12.1 Å². The molecule has 4 rings (SSSR count). The summed E-state index contributed by atoms with van der Waals surface area (Å²) in [5.41, 5.74) is 11.6. The van der Waals surface area contributed by atoms with Gasteiger partial charge < -0.3 is 11.1 Å². The maximum absolute atomic E-state index is 6.02. The fourth-order valence-electron chi connectivity index (χ4n) is 3.19. The topological polar surface area (TPSA) is 76.2 Å². The number of anilines is 2. The van der Waals surface area contributed by atoms with Crippen molar-refractivity contribution in [3.8, 4) is 0 Å². The van der Waals surface area contributed by atoms with Crippen LogP contribution >= 0.6 is 0 Å². The number of nitrogens with zero attached hydrogens (tertiary/aromatic N) is 3. The molecule has 5 nitrogen and oxygen atoms in total. The van der Waals surface area contributed by atoms with Crippen LogP contribution in [0.2, 0.25) is 0 Å². The summed E-state index contributed by atoms with van der Waals surface area (Å²) in [4.78, 5) is 12.9. The molecule has 0 bridgehead atoms. The molecule has 0 amide bonds. The van der Waals surface area contributed by atoms with Gasteiger partial charge in [-0.1, -0.05) is 18.2 Å². The molecule has 3 N–H and O–H groups in total. The number of nitrogens with one attached hydrogen (secondary N) is 1. The third-order valence-electron chi connectivity index (χ3n) is 4.52. The number of rotatable bonds is 6. The molecule has 130 valence electrons. The lowest BCUT2D eigenvalue weighted by atomic mass is 10.0. The van der Waals surface area contributed by atoms with Crippen LogP contribution < -0.4 is 11.1 Å². The van der Waals surface area contributed by atoms with Crippen LogP contribution in [-0.4, -0.2) is 29.3 Å². The van der Waals surface area contributed by atoms with Gasteiger partial charge in [-0.25, -0.2) is 4.98 Å². The Hall–Kier alpha value is -3.21.